The molecule has 4 atom stereocenters. The Morgan fingerprint density at radius 1 is 1.11 bits per heavy atom. The third kappa shape index (κ3) is 1.64. The molecule has 5 nitrogen and oxygen atoms in total. The summed E-state index contributed by atoms with van der Waals surface area (Å²) in [5.41, 5.74) is 0.923. The van der Waals surface area contributed by atoms with E-state index in [2.05, 4.69) is 0 Å². The first-order valence-corrected chi connectivity index (χ1v) is 5.90. The molecule has 0 bridgehead atoms. The van der Waals surface area contributed by atoms with Gasteiger partial charge < -0.3 is 24.6 Å². The van der Waals surface area contributed by atoms with Crippen molar-refractivity contribution in [1.29, 1.82) is 0 Å². The van der Waals surface area contributed by atoms with Crippen LogP contribution in [0.5, 0.6) is 0 Å². The molecule has 3 rings (SSSR count). The van der Waals surface area contributed by atoms with Crippen LogP contribution in [-0.4, -0.2) is 44.8 Å². The number of ether oxygens (including phenoxy) is 1. The summed E-state index contributed by atoms with van der Waals surface area (Å²) in [6.45, 7) is -0.312. The summed E-state index contributed by atoms with van der Waals surface area (Å²) in [4.78, 5) is 0. The zero-order chi connectivity index (χ0) is 12.7. The first-order valence-electron chi connectivity index (χ1n) is 5.90. The zero-order valence-electron chi connectivity index (χ0n) is 9.68. The second-order valence-corrected chi connectivity index (χ2v) is 4.51. The lowest BCUT2D eigenvalue weighted by Gasteiger charge is -2.17. The molecule has 1 fully saturated rings. The Morgan fingerprint density at radius 3 is 2.61 bits per heavy atom. The molecule has 96 valence electrons. The summed E-state index contributed by atoms with van der Waals surface area (Å²) in [6, 6.07) is 9.64. The van der Waals surface area contributed by atoms with Crippen molar-refractivity contribution in [1.82, 2.24) is 4.57 Å². The average molecular weight is 249 g/mol. The van der Waals surface area contributed by atoms with Crippen LogP contribution in [0.15, 0.2) is 36.5 Å². The van der Waals surface area contributed by atoms with Gasteiger partial charge in [0, 0.05) is 6.20 Å². The highest BCUT2D eigenvalue weighted by Crippen LogP contribution is 2.32. The van der Waals surface area contributed by atoms with Crippen LogP contribution in [0.3, 0.4) is 0 Å². The van der Waals surface area contributed by atoms with Crippen molar-refractivity contribution < 1.29 is 20.1 Å². The highest BCUT2D eigenvalue weighted by molar-refractivity contribution is 5.80. The molecule has 1 aromatic heterocycles. The van der Waals surface area contributed by atoms with Gasteiger partial charge in [0.05, 0.1) is 12.1 Å². The van der Waals surface area contributed by atoms with Crippen molar-refractivity contribution in [3.63, 3.8) is 0 Å². The normalized spacial score (nSPS) is 32.2. The minimum atomic E-state index is -1.07. The molecule has 3 N–H and O–H groups in total. The molecule has 5 heteroatoms. The quantitative estimate of drug-likeness (QED) is 0.713. The Balaban J connectivity index is 2.00. The number of hydrogen-bond acceptors (Lipinski definition) is 4. The van der Waals surface area contributed by atoms with Gasteiger partial charge in [-0.2, -0.15) is 0 Å². The topological polar surface area (TPSA) is 74.9 Å². The summed E-state index contributed by atoms with van der Waals surface area (Å²) in [7, 11) is 0. The summed E-state index contributed by atoms with van der Waals surface area (Å²) in [6.07, 6.45) is -1.72. The van der Waals surface area contributed by atoms with E-state index in [0.29, 0.717) is 0 Å². The van der Waals surface area contributed by atoms with Crippen molar-refractivity contribution in [2.75, 3.05) is 6.61 Å². The molecule has 0 amide bonds. The molecule has 2 aromatic rings. The minimum Gasteiger partial charge on any atom is -0.394 e. The van der Waals surface area contributed by atoms with E-state index in [1.807, 2.05) is 36.5 Å². The third-order valence-electron chi connectivity index (χ3n) is 3.42. The minimum absolute atomic E-state index is 0.312. The summed E-state index contributed by atoms with van der Waals surface area (Å²) in [5, 5.41) is 29.8. The van der Waals surface area contributed by atoms with Crippen LogP contribution in [0, 0.1) is 0 Å². The van der Waals surface area contributed by atoms with Gasteiger partial charge in [0.1, 0.15) is 18.3 Å². The van der Waals surface area contributed by atoms with Crippen LogP contribution in [-0.2, 0) is 4.74 Å². The molecule has 0 radical (unpaired) electrons. The molecular weight excluding hydrogens is 234 g/mol. The van der Waals surface area contributed by atoms with Crippen molar-refractivity contribution in [3.8, 4) is 0 Å². The van der Waals surface area contributed by atoms with E-state index in [0.717, 1.165) is 10.9 Å². The predicted octanol–water partition coefficient (Wildman–Crippen LogP) is 0.253. The Morgan fingerprint density at radius 2 is 1.89 bits per heavy atom. The molecule has 2 unspecified atom stereocenters. The molecule has 1 aromatic carbocycles. The van der Waals surface area contributed by atoms with Crippen molar-refractivity contribution in [2.24, 2.45) is 0 Å². The molecule has 18 heavy (non-hydrogen) atoms. The standard InChI is InChI=1S/C13H15NO4/c15-7-10-11(16)12(17)13(18-10)14-6-5-8-3-1-2-4-9(8)14/h1-6,10-13,15-17H,7H2/t10-,11?,12?,13-/m1/s1. The lowest BCUT2D eigenvalue weighted by molar-refractivity contribution is -0.0506. The number of aliphatic hydroxyl groups is 3. The Labute approximate surface area is 104 Å². The van der Waals surface area contributed by atoms with Gasteiger partial charge in [-0.1, -0.05) is 18.2 Å². The summed E-state index contributed by atoms with van der Waals surface area (Å²) in [5.74, 6) is 0. The van der Waals surface area contributed by atoms with Gasteiger partial charge in [-0.05, 0) is 17.5 Å². The molecule has 1 saturated heterocycles. The van der Waals surface area contributed by atoms with E-state index in [4.69, 9.17) is 9.84 Å². The lowest BCUT2D eigenvalue weighted by atomic mass is 10.1. The fourth-order valence-corrected chi connectivity index (χ4v) is 2.44. The van der Waals surface area contributed by atoms with Gasteiger partial charge in [-0.25, -0.2) is 0 Å². The van der Waals surface area contributed by atoms with E-state index in [9.17, 15) is 10.2 Å². The van der Waals surface area contributed by atoms with Crippen LogP contribution in [0.1, 0.15) is 6.23 Å². The molecule has 0 aliphatic carbocycles. The SMILES string of the molecule is OC[C@H]1O[C@@H](n2ccc3ccccc32)C(O)C1O. The molecule has 2 heterocycles. The van der Waals surface area contributed by atoms with E-state index >= 15 is 0 Å². The second kappa shape index (κ2) is 4.37. The largest absolute Gasteiger partial charge is 0.394 e. The maximum atomic E-state index is 9.98. The van der Waals surface area contributed by atoms with E-state index in [-0.39, 0.29) is 6.61 Å². The van der Waals surface area contributed by atoms with Crippen LogP contribution in [0.25, 0.3) is 10.9 Å². The van der Waals surface area contributed by atoms with Crippen molar-refractivity contribution >= 4 is 10.9 Å². The van der Waals surface area contributed by atoms with Gasteiger partial charge in [0.25, 0.3) is 0 Å². The predicted molar refractivity (Wildman–Crippen MR) is 64.9 cm³/mol. The number of aromatic nitrogens is 1. The summed E-state index contributed by atoms with van der Waals surface area (Å²) >= 11 is 0. The van der Waals surface area contributed by atoms with Gasteiger partial charge in [-0.15, -0.1) is 0 Å². The van der Waals surface area contributed by atoms with Gasteiger partial charge in [0.2, 0.25) is 0 Å². The number of rotatable bonds is 2. The molecule has 0 spiro atoms. The Kier molecular flexibility index (Phi) is 2.83. The van der Waals surface area contributed by atoms with Gasteiger partial charge in [-0.3, -0.25) is 0 Å². The lowest BCUT2D eigenvalue weighted by Crippen LogP contribution is -2.33. The van der Waals surface area contributed by atoms with Gasteiger partial charge >= 0.3 is 0 Å². The Bertz CT molecular complexity index is 553. The van der Waals surface area contributed by atoms with Crippen LogP contribution >= 0.6 is 0 Å². The van der Waals surface area contributed by atoms with Crippen molar-refractivity contribution in [3.05, 3.63) is 36.5 Å². The Hall–Kier alpha value is -1.40. The fraction of sp³-hybridized carbons (Fsp3) is 0.385. The zero-order valence-corrected chi connectivity index (χ0v) is 9.68. The number of hydrogen-bond donors (Lipinski definition) is 3. The molecule has 0 saturated carbocycles. The smallest absolute Gasteiger partial charge is 0.163 e. The van der Waals surface area contributed by atoms with E-state index in [1.165, 1.54) is 0 Å². The number of para-hydroxylation sites is 1. The monoisotopic (exact) mass is 249 g/mol. The molecule has 1 aliphatic rings. The van der Waals surface area contributed by atoms with Gasteiger partial charge in [0.15, 0.2) is 6.23 Å². The third-order valence-corrected chi connectivity index (χ3v) is 3.42. The first kappa shape index (κ1) is 11.7. The van der Waals surface area contributed by atoms with Crippen LogP contribution in [0.4, 0.5) is 0 Å². The highest BCUT2D eigenvalue weighted by Gasteiger charge is 2.43. The van der Waals surface area contributed by atoms with Crippen LogP contribution in [0.2, 0.25) is 0 Å². The van der Waals surface area contributed by atoms with Crippen molar-refractivity contribution in [2.45, 2.75) is 24.5 Å². The van der Waals surface area contributed by atoms with E-state index < -0.39 is 24.5 Å². The number of aliphatic hydroxyl groups excluding tert-OH is 3. The number of benzene rings is 1. The average Bonchev–Trinajstić information content (AvgIpc) is 2.93. The summed E-state index contributed by atoms with van der Waals surface area (Å²) < 4.78 is 7.28. The first-order chi connectivity index (χ1) is 8.72. The molecular formula is C13H15NO4. The fourth-order valence-electron chi connectivity index (χ4n) is 2.44. The second-order valence-electron chi connectivity index (χ2n) is 4.51. The molecule has 1 aliphatic heterocycles. The highest BCUT2D eigenvalue weighted by atomic mass is 16.6. The van der Waals surface area contributed by atoms with E-state index in [1.54, 1.807) is 4.57 Å². The maximum absolute atomic E-state index is 9.98. The number of nitrogens with zero attached hydrogens (tertiary/aromatic N) is 1. The maximum Gasteiger partial charge on any atom is 0.163 e. The van der Waals surface area contributed by atoms with Crippen LogP contribution < -0.4 is 0 Å². The number of fused-ring (bicyclic) bond motifs is 1.